The Kier molecular flexibility index (Phi) is 8.38. The highest BCUT2D eigenvalue weighted by atomic mass is 16.7. The molecule has 0 amide bonds. The maximum absolute atomic E-state index is 6.45. The minimum Gasteiger partial charge on any atom is -0.347 e. The summed E-state index contributed by atoms with van der Waals surface area (Å²) in [5.74, 6) is 0.523. The van der Waals surface area contributed by atoms with Crippen molar-refractivity contribution in [3.63, 3.8) is 0 Å². The lowest BCUT2D eigenvalue weighted by Gasteiger charge is -2.42. The Morgan fingerprint density at radius 1 is 1.15 bits per heavy atom. The van der Waals surface area contributed by atoms with Crippen LogP contribution in [0, 0.1) is 11.3 Å². The molecule has 0 radical (unpaired) electrons. The van der Waals surface area contributed by atoms with Crippen LogP contribution in [0.15, 0.2) is 25.3 Å². The van der Waals surface area contributed by atoms with E-state index in [-0.39, 0.29) is 11.9 Å². The normalized spacial score (nSPS) is 29.4. The molecular weight excluding hydrogens is 322 g/mol. The Labute approximate surface area is 161 Å². The van der Waals surface area contributed by atoms with Crippen LogP contribution in [-0.2, 0) is 9.47 Å². The monoisotopic (exact) mass is 363 g/mol. The Bertz CT molecular complexity index is 437. The maximum atomic E-state index is 6.45. The number of ether oxygens (including phenoxy) is 2. The Balaban J connectivity index is 1.77. The van der Waals surface area contributed by atoms with Crippen molar-refractivity contribution < 1.29 is 9.47 Å². The minimum absolute atomic E-state index is 0.242. The summed E-state index contributed by atoms with van der Waals surface area (Å²) in [6.07, 6.45) is 13.5. The lowest BCUT2D eigenvalue weighted by atomic mass is 9.68. The van der Waals surface area contributed by atoms with E-state index in [1.54, 1.807) is 0 Å². The molecule has 1 saturated carbocycles. The van der Waals surface area contributed by atoms with Crippen LogP contribution in [0.2, 0.25) is 0 Å². The lowest BCUT2D eigenvalue weighted by molar-refractivity contribution is -0.197. The summed E-state index contributed by atoms with van der Waals surface area (Å²) >= 11 is 0. The zero-order valence-corrected chi connectivity index (χ0v) is 17.5. The molecule has 2 rings (SSSR count). The van der Waals surface area contributed by atoms with Gasteiger partial charge in [0.2, 0.25) is 0 Å². The Hall–Kier alpha value is -0.640. The molecule has 26 heavy (non-hydrogen) atoms. The van der Waals surface area contributed by atoms with Crippen molar-refractivity contribution in [1.82, 2.24) is 4.90 Å². The van der Waals surface area contributed by atoms with E-state index >= 15 is 0 Å². The molecular formula is C23H41NO2. The fourth-order valence-corrected chi connectivity index (χ4v) is 4.79. The third-order valence-electron chi connectivity index (χ3n) is 6.46. The lowest BCUT2D eigenvalue weighted by Crippen LogP contribution is -2.39. The standard InChI is InChI=1S/C23H41NO2/c1-6-9-17-24(16-8-3)18-12-21-19-25-23(26-21)14-10-20(11-15-23)22(4,5)13-7-2/h6,8,20-21H,1,3,7,9-19H2,2,4-5H3. The molecule has 1 spiro atoms. The zero-order chi connectivity index (χ0) is 19.0. The number of hydrogen-bond donors (Lipinski definition) is 0. The van der Waals surface area contributed by atoms with Gasteiger partial charge in [-0.05, 0) is 43.4 Å². The predicted octanol–water partition coefficient (Wildman–Crippen LogP) is 5.57. The van der Waals surface area contributed by atoms with Crippen molar-refractivity contribution in [2.24, 2.45) is 11.3 Å². The van der Waals surface area contributed by atoms with Crippen LogP contribution in [0.4, 0.5) is 0 Å². The van der Waals surface area contributed by atoms with E-state index in [0.29, 0.717) is 5.41 Å². The molecule has 2 fully saturated rings. The van der Waals surface area contributed by atoms with Gasteiger partial charge in [-0.2, -0.15) is 0 Å². The number of rotatable bonds is 11. The summed E-state index contributed by atoms with van der Waals surface area (Å²) in [4.78, 5) is 2.42. The van der Waals surface area contributed by atoms with Crippen molar-refractivity contribution in [2.75, 3.05) is 26.2 Å². The first-order valence-electron chi connectivity index (χ1n) is 10.7. The second-order valence-electron chi connectivity index (χ2n) is 8.93. The fraction of sp³-hybridized carbons (Fsp3) is 0.826. The third kappa shape index (κ3) is 5.94. The van der Waals surface area contributed by atoms with E-state index in [2.05, 4.69) is 38.8 Å². The summed E-state index contributed by atoms with van der Waals surface area (Å²) in [5, 5.41) is 0. The van der Waals surface area contributed by atoms with E-state index in [1.165, 1.54) is 25.7 Å². The van der Waals surface area contributed by atoms with Crippen LogP contribution >= 0.6 is 0 Å². The average molecular weight is 364 g/mol. The Morgan fingerprint density at radius 3 is 2.50 bits per heavy atom. The Morgan fingerprint density at radius 2 is 1.88 bits per heavy atom. The SMILES string of the molecule is C=CCCN(CC=C)CCC1COC2(CCC(C(C)(C)CCC)CC2)O1. The molecule has 1 unspecified atom stereocenters. The molecule has 3 nitrogen and oxygen atoms in total. The highest BCUT2D eigenvalue weighted by Gasteiger charge is 2.46. The van der Waals surface area contributed by atoms with Gasteiger partial charge >= 0.3 is 0 Å². The molecule has 1 aliphatic carbocycles. The summed E-state index contributed by atoms with van der Waals surface area (Å²) < 4.78 is 12.7. The summed E-state index contributed by atoms with van der Waals surface area (Å²) in [6.45, 7) is 18.6. The topological polar surface area (TPSA) is 21.7 Å². The van der Waals surface area contributed by atoms with Crippen LogP contribution < -0.4 is 0 Å². The second kappa shape index (κ2) is 10.1. The highest BCUT2D eigenvalue weighted by molar-refractivity contribution is 4.90. The van der Waals surface area contributed by atoms with Crippen molar-refractivity contribution >= 4 is 0 Å². The predicted molar refractivity (Wildman–Crippen MR) is 110 cm³/mol. The zero-order valence-electron chi connectivity index (χ0n) is 17.5. The van der Waals surface area contributed by atoms with E-state index in [1.807, 2.05) is 12.2 Å². The van der Waals surface area contributed by atoms with Gasteiger partial charge in [0.25, 0.3) is 0 Å². The quantitative estimate of drug-likeness (QED) is 0.448. The first-order valence-corrected chi connectivity index (χ1v) is 10.7. The molecule has 0 bridgehead atoms. The molecule has 3 heteroatoms. The number of nitrogens with zero attached hydrogens (tertiary/aromatic N) is 1. The summed E-state index contributed by atoms with van der Waals surface area (Å²) in [7, 11) is 0. The summed E-state index contributed by atoms with van der Waals surface area (Å²) in [6, 6.07) is 0. The third-order valence-corrected chi connectivity index (χ3v) is 6.46. The largest absolute Gasteiger partial charge is 0.347 e. The van der Waals surface area contributed by atoms with E-state index in [9.17, 15) is 0 Å². The first-order chi connectivity index (χ1) is 12.4. The first kappa shape index (κ1) is 21.7. The fourth-order valence-electron chi connectivity index (χ4n) is 4.79. The average Bonchev–Trinajstić information content (AvgIpc) is 3.00. The maximum Gasteiger partial charge on any atom is 0.168 e. The van der Waals surface area contributed by atoms with Crippen LogP contribution in [0.5, 0.6) is 0 Å². The van der Waals surface area contributed by atoms with Gasteiger partial charge in [0, 0.05) is 32.5 Å². The number of hydrogen-bond acceptors (Lipinski definition) is 3. The van der Waals surface area contributed by atoms with Crippen LogP contribution in [0.3, 0.4) is 0 Å². The van der Waals surface area contributed by atoms with Crippen LogP contribution in [0.1, 0.15) is 72.1 Å². The second-order valence-corrected chi connectivity index (χ2v) is 8.93. The highest BCUT2D eigenvalue weighted by Crippen LogP contribution is 2.47. The molecule has 0 aromatic heterocycles. The van der Waals surface area contributed by atoms with Gasteiger partial charge in [-0.3, -0.25) is 4.90 Å². The minimum atomic E-state index is -0.284. The van der Waals surface area contributed by atoms with E-state index in [4.69, 9.17) is 9.47 Å². The van der Waals surface area contributed by atoms with Crippen LogP contribution in [0.25, 0.3) is 0 Å². The molecule has 0 N–H and O–H groups in total. The molecule has 0 aromatic carbocycles. The van der Waals surface area contributed by atoms with Gasteiger partial charge in [-0.25, -0.2) is 0 Å². The van der Waals surface area contributed by atoms with Gasteiger partial charge < -0.3 is 9.47 Å². The smallest absolute Gasteiger partial charge is 0.168 e. The van der Waals surface area contributed by atoms with E-state index < -0.39 is 0 Å². The van der Waals surface area contributed by atoms with Gasteiger partial charge in [0.15, 0.2) is 5.79 Å². The van der Waals surface area contributed by atoms with Gasteiger partial charge in [0.05, 0.1) is 12.7 Å². The molecule has 1 saturated heterocycles. The molecule has 2 aliphatic rings. The van der Waals surface area contributed by atoms with Crippen molar-refractivity contribution in [2.45, 2.75) is 84.0 Å². The van der Waals surface area contributed by atoms with Crippen LogP contribution in [-0.4, -0.2) is 43.0 Å². The van der Waals surface area contributed by atoms with Crippen molar-refractivity contribution in [3.05, 3.63) is 25.3 Å². The molecule has 1 heterocycles. The van der Waals surface area contributed by atoms with E-state index in [0.717, 1.165) is 57.8 Å². The van der Waals surface area contributed by atoms with Gasteiger partial charge in [-0.1, -0.05) is 39.3 Å². The molecule has 0 aromatic rings. The van der Waals surface area contributed by atoms with Gasteiger partial charge in [-0.15, -0.1) is 13.2 Å². The van der Waals surface area contributed by atoms with Gasteiger partial charge in [0.1, 0.15) is 0 Å². The molecule has 1 atom stereocenters. The van der Waals surface area contributed by atoms with Crippen molar-refractivity contribution in [3.8, 4) is 0 Å². The molecule has 1 aliphatic heterocycles. The van der Waals surface area contributed by atoms with Crippen molar-refractivity contribution in [1.29, 1.82) is 0 Å². The summed E-state index contributed by atoms with van der Waals surface area (Å²) in [5.41, 5.74) is 0.449. The molecule has 150 valence electrons.